The third-order valence-electron chi connectivity index (χ3n) is 1.68. The molecule has 4 nitrogen and oxygen atoms in total. The summed E-state index contributed by atoms with van der Waals surface area (Å²) >= 11 is 5.49. The van der Waals surface area contributed by atoms with Crippen LogP contribution in [0.15, 0.2) is 12.1 Å². The van der Waals surface area contributed by atoms with E-state index in [2.05, 4.69) is 0 Å². The molecule has 0 radical (unpaired) electrons. The van der Waals surface area contributed by atoms with E-state index in [1.165, 1.54) is 6.07 Å². The van der Waals surface area contributed by atoms with Gasteiger partial charge in [-0.15, -0.1) is 11.6 Å². The van der Waals surface area contributed by atoms with Gasteiger partial charge in [0, 0.05) is 5.88 Å². The number of alkyl halides is 1. The largest absolute Gasteiger partial charge is 0.508 e. The van der Waals surface area contributed by atoms with Gasteiger partial charge in [-0.1, -0.05) is 0 Å². The summed E-state index contributed by atoms with van der Waals surface area (Å²) in [5.74, 6) is -1.45. The number of hydrogen-bond acceptors (Lipinski definition) is 3. The number of hydrogen-bond donors (Lipinski definition) is 2. The van der Waals surface area contributed by atoms with Crippen LogP contribution in [-0.4, -0.2) is 16.2 Å². The Kier molecular flexibility index (Phi) is 2.95. The normalized spacial score (nSPS) is 9.43. The van der Waals surface area contributed by atoms with Crippen molar-refractivity contribution in [3.8, 4) is 11.8 Å². The van der Waals surface area contributed by atoms with Crippen LogP contribution in [0.5, 0.6) is 5.75 Å². The lowest BCUT2D eigenvalue weighted by atomic mass is 10.0. The van der Waals surface area contributed by atoms with Gasteiger partial charge in [0.05, 0.1) is 11.1 Å². The van der Waals surface area contributed by atoms with Crippen LogP contribution in [0.4, 0.5) is 0 Å². The van der Waals surface area contributed by atoms with E-state index < -0.39 is 5.97 Å². The lowest BCUT2D eigenvalue weighted by Crippen LogP contribution is -2.04. The predicted molar refractivity (Wildman–Crippen MR) is 49.3 cm³/mol. The standard InChI is InChI=1S/C9H6ClNO3/c10-3-5-1-7(12)2-6(4-11)8(5)9(13)14/h1-2,12H,3H2,(H,13,14). The smallest absolute Gasteiger partial charge is 0.337 e. The Morgan fingerprint density at radius 2 is 2.21 bits per heavy atom. The second-order valence-electron chi connectivity index (χ2n) is 2.58. The highest BCUT2D eigenvalue weighted by Gasteiger charge is 2.16. The molecule has 0 amide bonds. The number of carboxylic acids is 1. The maximum absolute atomic E-state index is 10.8. The van der Waals surface area contributed by atoms with Crippen LogP contribution in [-0.2, 0) is 5.88 Å². The lowest BCUT2D eigenvalue weighted by Gasteiger charge is -2.05. The second kappa shape index (κ2) is 3.99. The van der Waals surface area contributed by atoms with Crippen LogP contribution >= 0.6 is 11.6 Å². The van der Waals surface area contributed by atoms with E-state index in [1.807, 2.05) is 0 Å². The van der Waals surface area contributed by atoms with Crippen LogP contribution in [0.1, 0.15) is 21.5 Å². The van der Waals surface area contributed by atoms with Crippen molar-refractivity contribution < 1.29 is 15.0 Å². The van der Waals surface area contributed by atoms with Gasteiger partial charge >= 0.3 is 5.97 Å². The molecule has 0 unspecified atom stereocenters. The summed E-state index contributed by atoms with van der Waals surface area (Å²) in [6.07, 6.45) is 0. The summed E-state index contributed by atoms with van der Waals surface area (Å²) in [5.41, 5.74) is -0.0100. The lowest BCUT2D eigenvalue weighted by molar-refractivity contribution is 0.0695. The van der Waals surface area contributed by atoms with E-state index >= 15 is 0 Å². The molecule has 0 fully saturated rings. The first kappa shape index (κ1) is 10.4. The Hall–Kier alpha value is -1.73. The van der Waals surface area contributed by atoms with Gasteiger partial charge in [-0.2, -0.15) is 5.26 Å². The van der Waals surface area contributed by atoms with Gasteiger partial charge in [-0.3, -0.25) is 0 Å². The molecule has 0 atom stereocenters. The molecule has 0 heterocycles. The number of aromatic carboxylic acids is 1. The first-order valence-electron chi connectivity index (χ1n) is 3.65. The summed E-state index contributed by atoms with van der Waals surface area (Å²) in [4.78, 5) is 10.8. The molecule has 0 aromatic heterocycles. The Morgan fingerprint density at radius 3 is 2.64 bits per heavy atom. The van der Waals surface area contributed by atoms with E-state index in [1.54, 1.807) is 6.07 Å². The minimum absolute atomic E-state index is 0.0648. The van der Waals surface area contributed by atoms with Crippen molar-refractivity contribution in [2.45, 2.75) is 5.88 Å². The number of carboxylic acid groups (broad SMARTS) is 1. The van der Waals surface area contributed by atoms with Gasteiger partial charge < -0.3 is 10.2 Å². The monoisotopic (exact) mass is 211 g/mol. The van der Waals surface area contributed by atoms with Crippen LogP contribution in [0, 0.1) is 11.3 Å². The molecular formula is C9H6ClNO3. The van der Waals surface area contributed by atoms with Crippen LogP contribution in [0.3, 0.4) is 0 Å². The molecule has 5 heteroatoms. The maximum atomic E-state index is 10.8. The number of nitriles is 1. The van der Waals surface area contributed by atoms with Gasteiger partial charge in [-0.05, 0) is 17.7 Å². The molecule has 1 aromatic rings. The Balaban J connectivity index is 3.50. The molecule has 0 aliphatic rings. The van der Waals surface area contributed by atoms with Crippen molar-refractivity contribution in [3.05, 3.63) is 28.8 Å². The summed E-state index contributed by atoms with van der Waals surface area (Å²) in [6, 6.07) is 4.02. The predicted octanol–water partition coefficient (Wildman–Crippen LogP) is 1.70. The van der Waals surface area contributed by atoms with Crippen LogP contribution < -0.4 is 0 Å². The third kappa shape index (κ3) is 1.78. The summed E-state index contributed by atoms with van der Waals surface area (Å²) in [5, 5.41) is 26.6. The average molecular weight is 212 g/mol. The van der Waals surface area contributed by atoms with Crippen molar-refractivity contribution in [1.82, 2.24) is 0 Å². The van der Waals surface area contributed by atoms with E-state index in [-0.39, 0.29) is 28.3 Å². The number of rotatable bonds is 2. The van der Waals surface area contributed by atoms with E-state index in [0.717, 1.165) is 6.07 Å². The van der Waals surface area contributed by atoms with Gasteiger partial charge in [0.2, 0.25) is 0 Å². The Labute approximate surface area is 85.0 Å². The quantitative estimate of drug-likeness (QED) is 0.730. The average Bonchev–Trinajstić information content (AvgIpc) is 2.15. The highest BCUT2D eigenvalue weighted by atomic mass is 35.5. The molecule has 0 saturated carbocycles. The minimum Gasteiger partial charge on any atom is -0.508 e. The fourth-order valence-electron chi connectivity index (χ4n) is 1.13. The van der Waals surface area contributed by atoms with E-state index in [0.29, 0.717) is 0 Å². The molecule has 72 valence electrons. The number of phenols is 1. The minimum atomic E-state index is -1.22. The molecule has 2 N–H and O–H groups in total. The SMILES string of the molecule is N#Cc1cc(O)cc(CCl)c1C(=O)O. The second-order valence-corrected chi connectivity index (χ2v) is 2.85. The molecule has 0 aliphatic heterocycles. The number of benzene rings is 1. The van der Waals surface area contributed by atoms with Gasteiger partial charge in [0.25, 0.3) is 0 Å². The molecule has 1 aromatic carbocycles. The number of halogens is 1. The molecule has 0 bridgehead atoms. The molecule has 14 heavy (non-hydrogen) atoms. The number of aromatic hydroxyl groups is 1. The molecule has 0 saturated heterocycles. The highest BCUT2D eigenvalue weighted by molar-refractivity contribution is 6.17. The van der Waals surface area contributed by atoms with E-state index in [4.69, 9.17) is 27.1 Å². The van der Waals surface area contributed by atoms with Crippen molar-refractivity contribution >= 4 is 17.6 Å². The Bertz CT molecular complexity index is 423. The zero-order valence-electron chi connectivity index (χ0n) is 6.99. The molecule has 1 rings (SSSR count). The zero-order chi connectivity index (χ0) is 10.7. The first-order chi connectivity index (χ1) is 6.60. The van der Waals surface area contributed by atoms with Crippen molar-refractivity contribution in [1.29, 1.82) is 5.26 Å². The molecule has 0 spiro atoms. The van der Waals surface area contributed by atoms with Gasteiger partial charge in [-0.25, -0.2) is 4.79 Å². The summed E-state index contributed by atoms with van der Waals surface area (Å²) < 4.78 is 0. The first-order valence-corrected chi connectivity index (χ1v) is 4.18. The van der Waals surface area contributed by atoms with Crippen molar-refractivity contribution in [3.63, 3.8) is 0 Å². The van der Waals surface area contributed by atoms with Crippen LogP contribution in [0.25, 0.3) is 0 Å². The van der Waals surface area contributed by atoms with E-state index in [9.17, 15) is 4.79 Å². The number of nitrogens with zero attached hydrogens (tertiary/aromatic N) is 1. The fraction of sp³-hybridized carbons (Fsp3) is 0.111. The topological polar surface area (TPSA) is 81.3 Å². The molecule has 0 aliphatic carbocycles. The fourth-order valence-corrected chi connectivity index (χ4v) is 1.34. The van der Waals surface area contributed by atoms with Crippen LogP contribution in [0.2, 0.25) is 0 Å². The maximum Gasteiger partial charge on any atom is 0.337 e. The van der Waals surface area contributed by atoms with Gasteiger partial charge in [0.1, 0.15) is 11.8 Å². The summed E-state index contributed by atoms with van der Waals surface area (Å²) in [7, 11) is 0. The zero-order valence-corrected chi connectivity index (χ0v) is 7.75. The van der Waals surface area contributed by atoms with Crippen molar-refractivity contribution in [2.24, 2.45) is 0 Å². The number of phenolic OH excluding ortho intramolecular Hbond substituents is 1. The third-order valence-corrected chi connectivity index (χ3v) is 1.97. The Morgan fingerprint density at radius 1 is 1.57 bits per heavy atom. The number of carbonyl (C=O) groups is 1. The van der Waals surface area contributed by atoms with Gasteiger partial charge in [0.15, 0.2) is 0 Å². The van der Waals surface area contributed by atoms with Crippen molar-refractivity contribution in [2.75, 3.05) is 0 Å². The summed E-state index contributed by atoms with van der Waals surface area (Å²) in [6.45, 7) is 0. The highest BCUT2D eigenvalue weighted by Crippen LogP contribution is 2.22. The molecular weight excluding hydrogens is 206 g/mol.